The number of nitrogens with two attached hydrogens (primary N) is 1. The SMILES string of the molecule is CCc1ccc(C2CC(N)CN(C3CCC3)C2)cc1. The molecule has 0 aromatic heterocycles. The highest BCUT2D eigenvalue weighted by molar-refractivity contribution is 5.26. The fraction of sp³-hybridized carbons (Fsp3) is 0.647. The number of piperidine rings is 1. The van der Waals surface area contributed by atoms with Gasteiger partial charge in [-0.3, -0.25) is 4.90 Å². The first-order valence-electron chi connectivity index (χ1n) is 7.84. The zero-order chi connectivity index (χ0) is 13.2. The molecule has 0 bridgehead atoms. The molecule has 3 rings (SSSR count). The Hall–Kier alpha value is -0.860. The molecule has 2 N–H and O–H groups in total. The van der Waals surface area contributed by atoms with Gasteiger partial charge < -0.3 is 5.73 Å². The van der Waals surface area contributed by atoms with Gasteiger partial charge in [0.05, 0.1) is 0 Å². The van der Waals surface area contributed by atoms with Crippen LogP contribution in [0.3, 0.4) is 0 Å². The minimum atomic E-state index is 0.352. The number of benzene rings is 1. The van der Waals surface area contributed by atoms with Crippen molar-refractivity contribution in [3.8, 4) is 0 Å². The lowest BCUT2D eigenvalue weighted by atomic mass is 9.84. The molecule has 2 atom stereocenters. The van der Waals surface area contributed by atoms with Crippen LogP contribution in [0.25, 0.3) is 0 Å². The number of hydrogen-bond acceptors (Lipinski definition) is 2. The van der Waals surface area contributed by atoms with Crippen LogP contribution in [-0.4, -0.2) is 30.1 Å². The highest BCUT2D eigenvalue weighted by Gasteiger charge is 2.32. The first kappa shape index (κ1) is 13.1. The highest BCUT2D eigenvalue weighted by Crippen LogP contribution is 2.32. The molecule has 0 spiro atoms. The van der Waals surface area contributed by atoms with Crippen molar-refractivity contribution < 1.29 is 0 Å². The smallest absolute Gasteiger partial charge is 0.0174 e. The van der Waals surface area contributed by atoms with Gasteiger partial charge in [0, 0.05) is 25.2 Å². The molecule has 2 unspecified atom stereocenters. The molecule has 1 aromatic rings. The van der Waals surface area contributed by atoms with Crippen LogP contribution in [0.2, 0.25) is 0 Å². The summed E-state index contributed by atoms with van der Waals surface area (Å²) >= 11 is 0. The number of rotatable bonds is 3. The zero-order valence-electron chi connectivity index (χ0n) is 12.0. The van der Waals surface area contributed by atoms with Crippen molar-refractivity contribution in [3.63, 3.8) is 0 Å². The Kier molecular flexibility index (Phi) is 3.90. The summed E-state index contributed by atoms with van der Waals surface area (Å²) in [6.07, 6.45) is 6.45. The second kappa shape index (κ2) is 5.64. The summed E-state index contributed by atoms with van der Waals surface area (Å²) in [5.41, 5.74) is 9.20. The molecule has 104 valence electrons. The Bertz CT molecular complexity index is 408. The molecular formula is C17H26N2. The number of aryl methyl sites for hydroxylation is 1. The van der Waals surface area contributed by atoms with Crippen LogP contribution in [0.5, 0.6) is 0 Å². The molecular weight excluding hydrogens is 232 g/mol. The van der Waals surface area contributed by atoms with E-state index in [-0.39, 0.29) is 0 Å². The lowest BCUT2D eigenvalue weighted by Gasteiger charge is -2.44. The van der Waals surface area contributed by atoms with Crippen molar-refractivity contribution in [1.82, 2.24) is 4.90 Å². The van der Waals surface area contributed by atoms with Gasteiger partial charge in [0.15, 0.2) is 0 Å². The van der Waals surface area contributed by atoms with E-state index in [1.807, 2.05) is 0 Å². The minimum absolute atomic E-state index is 0.352. The topological polar surface area (TPSA) is 29.3 Å². The predicted molar refractivity (Wildman–Crippen MR) is 80.4 cm³/mol. The fourth-order valence-electron chi connectivity index (χ4n) is 3.49. The van der Waals surface area contributed by atoms with E-state index in [0.717, 1.165) is 25.4 Å². The zero-order valence-corrected chi connectivity index (χ0v) is 12.0. The van der Waals surface area contributed by atoms with Crippen LogP contribution in [-0.2, 0) is 6.42 Å². The van der Waals surface area contributed by atoms with E-state index in [1.54, 1.807) is 0 Å². The molecule has 2 fully saturated rings. The van der Waals surface area contributed by atoms with Crippen LogP contribution in [0.1, 0.15) is 49.7 Å². The Morgan fingerprint density at radius 1 is 1.16 bits per heavy atom. The average Bonchev–Trinajstić information content (AvgIpc) is 2.36. The van der Waals surface area contributed by atoms with Gasteiger partial charge in [-0.1, -0.05) is 37.6 Å². The molecule has 1 heterocycles. The predicted octanol–water partition coefficient (Wildman–Crippen LogP) is 2.92. The second-order valence-electron chi connectivity index (χ2n) is 6.33. The number of nitrogens with zero attached hydrogens (tertiary/aromatic N) is 1. The monoisotopic (exact) mass is 258 g/mol. The van der Waals surface area contributed by atoms with Crippen molar-refractivity contribution in [2.45, 2.75) is 57.0 Å². The summed E-state index contributed by atoms with van der Waals surface area (Å²) in [6.45, 7) is 4.53. The maximum Gasteiger partial charge on any atom is 0.0174 e. The molecule has 1 saturated carbocycles. The lowest BCUT2D eigenvalue weighted by Crippen LogP contribution is -2.52. The van der Waals surface area contributed by atoms with Crippen molar-refractivity contribution in [1.29, 1.82) is 0 Å². The Morgan fingerprint density at radius 2 is 1.89 bits per heavy atom. The van der Waals surface area contributed by atoms with Crippen LogP contribution < -0.4 is 5.73 Å². The van der Waals surface area contributed by atoms with Gasteiger partial charge in [-0.15, -0.1) is 0 Å². The molecule has 1 aliphatic carbocycles. The number of likely N-dealkylation sites (tertiary alicyclic amines) is 1. The largest absolute Gasteiger partial charge is 0.327 e. The standard InChI is InChI=1S/C17H26N2/c1-2-13-6-8-14(9-7-13)15-10-16(18)12-19(11-15)17-4-3-5-17/h6-9,15-17H,2-5,10-12,18H2,1H3. The van der Waals surface area contributed by atoms with Gasteiger partial charge >= 0.3 is 0 Å². The summed E-state index contributed by atoms with van der Waals surface area (Å²) < 4.78 is 0. The van der Waals surface area contributed by atoms with Gasteiger partial charge in [-0.25, -0.2) is 0 Å². The third kappa shape index (κ3) is 2.85. The van der Waals surface area contributed by atoms with E-state index in [1.165, 1.54) is 36.9 Å². The van der Waals surface area contributed by atoms with E-state index in [0.29, 0.717) is 12.0 Å². The van der Waals surface area contributed by atoms with Crippen molar-refractivity contribution in [2.24, 2.45) is 5.73 Å². The molecule has 2 heteroatoms. The normalized spacial score (nSPS) is 29.2. The van der Waals surface area contributed by atoms with E-state index in [9.17, 15) is 0 Å². The van der Waals surface area contributed by atoms with E-state index < -0.39 is 0 Å². The van der Waals surface area contributed by atoms with Crippen molar-refractivity contribution in [3.05, 3.63) is 35.4 Å². The van der Waals surface area contributed by atoms with Crippen molar-refractivity contribution >= 4 is 0 Å². The Morgan fingerprint density at radius 3 is 2.47 bits per heavy atom. The molecule has 2 nitrogen and oxygen atoms in total. The summed E-state index contributed by atoms with van der Waals surface area (Å²) in [5.74, 6) is 0.634. The summed E-state index contributed by atoms with van der Waals surface area (Å²) in [5, 5.41) is 0. The quantitative estimate of drug-likeness (QED) is 0.903. The second-order valence-corrected chi connectivity index (χ2v) is 6.33. The van der Waals surface area contributed by atoms with Crippen LogP contribution in [0.4, 0.5) is 0 Å². The van der Waals surface area contributed by atoms with E-state index in [4.69, 9.17) is 5.73 Å². The molecule has 1 saturated heterocycles. The molecule has 1 aliphatic heterocycles. The molecule has 0 amide bonds. The average molecular weight is 258 g/mol. The van der Waals surface area contributed by atoms with Gasteiger partial charge in [0.1, 0.15) is 0 Å². The van der Waals surface area contributed by atoms with Gasteiger partial charge in [-0.05, 0) is 42.7 Å². The summed E-state index contributed by atoms with van der Waals surface area (Å²) in [7, 11) is 0. The molecule has 1 aromatic carbocycles. The van der Waals surface area contributed by atoms with Gasteiger partial charge in [0.25, 0.3) is 0 Å². The minimum Gasteiger partial charge on any atom is -0.327 e. The molecule has 19 heavy (non-hydrogen) atoms. The molecule has 2 aliphatic rings. The fourth-order valence-corrected chi connectivity index (χ4v) is 3.49. The first-order valence-corrected chi connectivity index (χ1v) is 7.84. The van der Waals surface area contributed by atoms with E-state index >= 15 is 0 Å². The molecule has 0 radical (unpaired) electrons. The first-order chi connectivity index (χ1) is 9.26. The van der Waals surface area contributed by atoms with Crippen molar-refractivity contribution in [2.75, 3.05) is 13.1 Å². The maximum absolute atomic E-state index is 6.28. The van der Waals surface area contributed by atoms with Crippen LogP contribution in [0, 0.1) is 0 Å². The third-order valence-corrected chi connectivity index (χ3v) is 4.96. The Balaban J connectivity index is 1.71. The highest BCUT2D eigenvalue weighted by atomic mass is 15.2. The lowest BCUT2D eigenvalue weighted by molar-refractivity contribution is 0.0848. The maximum atomic E-state index is 6.28. The van der Waals surface area contributed by atoms with E-state index in [2.05, 4.69) is 36.1 Å². The van der Waals surface area contributed by atoms with Gasteiger partial charge in [-0.2, -0.15) is 0 Å². The van der Waals surface area contributed by atoms with Gasteiger partial charge in [0.2, 0.25) is 0 Å². The summed E-state index contributed by atoms with van der Waals surface area (Å²) in [6, 6.07) is 10.4. The Labute approximate surface area is 117 Å². The summed E-state index contributed by atoms with van der Waals surface area (Å²) in [4.78, 5) is 2.65. The number of hydrogen-bond donors (Lipinski definition) is 1. The van der Waals surface area contributed by atoms with Crippen LogP contribution >= 0.6 is 0 Å². The third-order valence-electron chi connectivity index (χ3n) is 4.96. The van der Waals surface area contributed by atoms with Crippen LogP contribution in [0.15, 0.2) is 24.3 Å².